The fraction of sp³-hybridized carbons (Fsp3) is 0.643. The molecule has 1 aliphatic heterocycles. The van der Waals surface area contributed by atoms with Gasteiger partial charge in [0.1, 0.15) is 11.6 Å². The summed E-state index contributed by atoms with van der Waals surface area (Å²) in [7, 11) is 0. The zero-order valence-electron chi connectivity index (χ0n) is 13.2. The number of carbonyl (C=O) groups excluding carboxylic acids is 2. The minimum Gasteiger partial charge on any atom is -0.444 e. The molecule has 1 fully saturated rings. The summed E-state index contributed by atoms with van der Waals surface area (Å²) in [4.78, 5) is 30.2. The maximum atomic E-state index is 12.3. The number of rotatable bonds is 3. The summed E-state index contributed by atoms with van der Waals surface area (Å²) in [6.07, 6.45) is -0.442. The first kappa shape index (κ1) is 17.1. The fourth-order valence-electron chi connectivity index (χ4n) is 1.95. The zero-order chi connectivity index (χ0) is 16.3. The number of carbonyl (C=O) groups is 2. The van der Waals surface area contributed by atoms with Crippen LogP contribution < -0.4 is 5.32 Å². The highest BCUT2D eigenvalue weighted by atomic mass is 32.2. The van der Waals surface area contributed by atoms with Gasteiger partial charge < -0.3 is 10.1 Å². The Kier molecular flexibility index (Phi) is 5.33. The lowest BCUT2D eigenvalue weighted by Gasteiger charge is -2.27. The molecule has 22 heavy (non-hydrogen) atoms. The summed E-state index contributed by atoms with van der Waals surface area (Å²) in [6, 6.07) is -0.486. The number of nitrogens with zero attached hydrogens (tertiary/aromatic N) is 2. The zero-order valence-corrected chi connectivity index (χ0v) is 14.8. The molecule has 122 valence electrons. The largest absolute Gasteiger partial charge is 0.444 e. The van der Waals surface area contributed by atoms with E-state index in [2.05, 4.69) is 10.3 Å². The van der Waals surface area contributed by atoms with Crippen molar-refractivity contribution in [2.75, 3.05) is 11.6 Å². The first-order valence-electron chi connectivity index (χ1n) is 7.02. The van der Waals surface area contributed by atoms with Crippen LogP contribution in [0.15, 0.2) is 5.38 Å². The molecule has 1 atom stereocenters. The van der Waals surface area contributed by atoms with Gasteiger partial charge in [-0.1, -0.05) is 0 Å². The van der Waals surface area contributed by atoms with Crippen molar-refractivity contribution in [2.24, 2.45) is 0 Å². The van der Waals surface area contributed by atoms with E-state index in [1.165, 1.54) is 4.90 Å². The summed E-state index contributed by atoms with van der Waals surface area (Å²) < 4.78 is 5.35. The number of nitrogens with one attached hydrogen (secondary N) is 1. The second kappa shape index (κ2) is 6.87. The van der Waals surface area contributed by atoms with E-state index in [0.717, 1.165) is 10.7 Å². The van der Waals surface area contributed by atoms with Crippen LogP contribution in [-0.4, -0.2) is 45.2 Å². The Labute approximate surface area is 138 Å². The van der Waals surface area contributed by atoms with E-state index in [1.54, 1.807) is 23.1 Å². The van der Waals surface area contributed by atoms with Crippen molar-refractivity contribution < 1.29 is 14.3 Å². The third-order valence-corrected chi connectivity index (χ3v) is 4.76. The molecule has 1 saturated heterocycles. The van der Waals surface area contributed by atoms with Crippen LogP contribution in [0.5, 0.6) is 0 Å². The Morgan fingerprint density at radius 1 is 1.50 bits per heavy atom. The Hall–Kier alpha value is -1.28. The van der Waals surface area contributed by atoms with Crippen LogP contribution in [0.3, 0.4) is 0 Å². The highest BCUT2D eigenvalue weighted by molar-refractivity contribution is 7.99. The maximum Gasteiger partial charge on any atom is 0.411 e. The topological polar surface area (TPSA) is 71.5 Å². The second-order valence-corrected chi connectivity index (χ2v) is 8.10. The Bertz CT molecular complexity index is 554. The van der Waals surface area contributed by atoms with Gasteiger partial charge in [-0.05, 0) is 27.7 Å². The van der Waals surface area contributed by atoms with Gasteiger partial charge in [-0.2, -0.15) is 0 Å². The van der Waals surface area contributed by atoms with E-state index in [-0.39, 0.29) is 5.91 Å². The van der Waals surface area contributed by atoms with E-state index in [0.29, 0.717) is 18.2 Å². The maximum absolute atomic E-state index is 12.3. The first-order chi connectivity index (χ1) is 10.3. The van der Waals surface area contributed by atoms with Crippen LogP contribution in [-0.2, 0) is 16.1 Å². The van der Waals surface area contributed by atoms with Crippen LogP contribution in [0, 0.1) is 6.92 Å². The third-order valence-electron chi connectivity index (χ3n) is 2.92. The van der Waals surface area contributed by atoms with Gasteiger partial charge in [0.25, 0.3) is 0 Å². The predicted molar refractivity (Wildman–Crippen MR) is 87.9 cm³/mol. The number of hydrogen-bond donors (Lipinski definition) is 1. The molecule has 1 aromatic heterocycles. The van der Waals surface area contributed by atoms with Gasteiger partial charge in [0.15, 0.2) is 0 Å². The summed E-state index contributed by atoms with van der Waals surface area (Å²) in [6.45, 7) is 7.75. The van der Waals surface area contributed by atoms with Crippen molar-refractivity contribution in [3.63, 3.8) is 0 Å². The van der Waals surface area contributed by atoms with Gasteiger partial charge in [0.2, 0.25) is 5.91 Å². The number of aryl methyl sites for hydroxylation is 1. The summed E-state index contributed by atoms with van der Waals surface area (Å²) in [5, 5.41) is 5.73. The highest BCUT2D eigenvalue weighted by Crippen LogP contribution is 2.23. The molecule has 0 radical (unpaired) electrons. The van der Waals surface area contributed by atoms with E-state index in [4.69, 9.17) is 4.74 Å². The molecule has 0 bridgehead atoms. The summed E-state index contributed by atoms with van der Waals surface area (Å²) in [5.41, 5.74) is 0.272. The van der Waals surface area contributed by atoms with Crippen molar-refractivity contribution in [3.8, 4) is 0 Å². The fourth-order valence-corrected chi connectivity index (χ4v) is 3.70. The van der Waals surface area contributed by atoms with Crippen LogP contribution >= 0.6 is 23.1 Å². The number of amides is 2. The van der Waals surface area contributed by atoms with Gasteiger partial charge in [-0.3, -0.25) is 9.69 Å². The monoisotopic (exact) mass is 343 g/mol. The van der Waals surface area contributed by atoms with Crippen molar-refractivity contribution in [1.29, 1.82) is 0 Å². The number of thioether (sulfide) groups is 1. The lowest BCUT2D eigenvalue weighted by atomic mass is 10.2. The molecule has 0 saturated carbocycles. The average Bonchev–Trinajstić information content (AvgIpc) is 3.02. The van der Waals surface area contributed by atoms with Crippen LogP contribution in [0.2, 0.25) is 0 Å². The van der Waals surface area contributed by atoms with Gasteiger partial charge in [-0.25, -0.2) is 9.78 Å². The third kappa shape index (κ3) is 4.61. The van der Waals surface area contributed by atoms with E-state index in [1.807, 2.05) is 33.1 Å². The van der Waals surface area contributed by atoms with E-state index < -0.39 is 17.7 Å². The normalized spacial score (nSPS) is 18.4. The van der Waals surface area contributed by atoms with Crippen LogP contribution in [0.4, 0.5) is 4.79 Å². The van der Waals surface area contributed by atoms with Gasteiger partial charge in [0, 0.05) is 11.1 Å². The summed E-state index contributed by atoms with van der Waals surface area (Å²) in [5.74, 6) is 0.894. The molecular formula is C14H21N3O3S2. The molecular weight excluding hydrogens is 322 g/mol. The van der Waals surface area contributed by atoms with Gasteiger partial charge in [-0.15, -0.1) is 23.1 Å². The molecule has 6 nitrogen and oxygen atoms in total. The summed E-state index contributed by atoms with van der Waals surface area (Å²) >= 11 is 3.10. The second-order valence-electron chi connectivity index (χ2n) is 6.04. The molecule has 1 N–H and O–H groups in total. The SMILES string of the molecule is Cc1nc(CNC(=O)C2CSCN2C(=O)OC(C)(C)C)cs1. The first-order valence-corrected chi connectivity index (χ1v) is 9.06. The van der Waals surface area contributed by atoms with Crippen molar-refractivity contribution in [3.05, 3.63) is 16.1 Å². The van der Waals surface area contributed by atoms with Gasteiger partial charge >= 0.3 is 6.09 Å². The molecule has 2 amide bonds. The van der Waals surface area contributed by atoms with Crippen LogP contribution in [0.1, 0.15) is 31.5 Å². The van der Waals surface area contributed by atoms with Crippen LogP contribution in [0.25, 0.3) is 0 Å². The van der Waals surface area contributed by atoms with Crippen molar-refractivity contribution >= 4 is 35.1 Å². The lowest BCUT2D eigenvalue weighted by molar-refractivity contribution is -0.125. The molecule has 2 heterocycles. The lowest BCUT2D eigenvalue weighted by Crippen LogP contribution is -2.48. The Morgan fingerprint density at radius 3 is 2.82 bits per heavy atom. The van der Waals surface area contributed by atoms with Gasteiger partial charge in [0.05, 0.1) is 23.1 Å². The number of ether oxygens (including phenoxy) is 1. The number of thiazole rings is 1. The predicted octanol–water partition coefficient (Wildman–Crippen LogP) is 2.38. The minimum absolute atomic E-state index is 0.165. The average molecular weight is 343 g/mol. The molecule has 1 unspecified atom stereocenters. The molecule has 1 aliphatic rings. The molecule has 0 aliphatic carbocycles. The Morgan fingerprint density at radius 2 is 2.23 bits per heavy atom. The molecule has 8 heteroatoms. The minimum atomic E-state index is -0.566. The van der Waals surface area contributed by atoms with E-state index in [9.17, 15) is 9.59 Å². The molecule has 1 aromatic rings. The van der Waals surface area contributed by atoms with Crippen molar-refractivity contribution in [1.82, 2.24) is 15.2 Å². The molecule has 0 aromatic carbocycles. The Balaban J connectivity index is 1.91. The smallest absolute Gasteiger partial charge is 0.411 e. The highest BCUT2D eigenvalue weighted by Gasteiger charge is 2.37. The quantitative estimate of drug-likeness (QED) is 0.912. The molecule has 2 rings (SSSR count). The van der Waals surface area contributed by atoms with Crippen molar-refractivity contribution in [2.45, 2.75) is 45.9 Å². The van der Waals surface area contributed by atoms with E-state index >= 15 is 0 Å². The number of hydrogen-bond acceptors (Lipinski definition) is 6. The standard InChI is InChI=1S/C14H21N3O3S2/c1-9-16-10(6-22-9)5-15-12(18)11-7-21-8-17(11)13(19)20-14(2,3)4/h6,11H,5,7-8H2,1-4H3,(H,15,18). The number of aromatic nitrogens is 1. The molecule has 0 spiro atoms.